The molecule has 11 heteroatoms. The molecule has 0 aliphatic carbocycles. The number of carbonyl (C=O) groups is 2. The number of rotatable bonds is 8. The van der Waals surface area contributed by atoms with Crippen LogP contribution in [-0.2, 0) is 18.5 Å². The van der Waals surface area contributed by atoms with Crippen molar-refractivity contribution in [2.75, 3.05) is 45.8 Å². The number of amides is 2. The maximum Gasteiger partial charge on any atom is 0.410 e. The molecule has 0 aromatic heterocycles. The average Bonchev–Trinajstić information content (AvgIpc) is 3.05. The van der Waals surface area contributed by atoms with E-state index >= 15 is 0 Å². The lowest BCUT2D eigenvalue weighted by atomic mass is 9.91. The van der Waals surface area contributed by atoms with E-state index < -0.39 is 27.3 Å². The molecule has 9 nitrogen and oxygen atoms in total. The molecule has 49 heavy (non-hydrogen) atoms. The van der Waals surface area contributed by atoms with Crippen LogP contribution in [0.5, 0.6) is 0 Å². The Bertz CT molecular complexity index is 1450. The molecule has 0 unspecified atom stereocenters. The molecule has 0 spiro atoms. The van der Waals surface area contributed by atoms with Crippen molar-refractivity contribution in [2.24, 2.45) is 0 Å². The largest absolute Gasteiger partial charge is 0.444 e. The molecule has 0 saturated carbocycles. The highest BCUT2D eigenvalue weighted by atomic mass is 32.3. The molecule has 0 bridgehead atoms. The first-order valence-electron chi connectivity index (χ1n) is 16.3. The number of ether oxygens (including phenoxy) is 2. The fraction of sp³-hybridized carbons (Fsp3) is 0.447. The molecular formula is C38H57FN4O5S. The van der Waals surface area contributed by atoms with E-state index in [1.807, 2.05) is 27.9 Å². The molecule has 1 saturated heterocycles. The lowest BCUT2D eigenvalue weighted by Crippen LogP contribution is -2.46. The number of morpholine rings is 1. The number of carbonyl (C=O) groups excluding carboxylic acids is 2. The SMILES string of the molecule is CC(C)(C)OC(=O)N1CCOCC1.CNc1c(F)cccc1C(=N)C(C)(C)NC=O.COS(c1ccccc1)(c1ccccc1)C(C)(C)C.[HH]. The molecule has 0 radical (unpaired) electrons. The summed E-state index contributed by atoms with van der Waals surface area (Å²) in [6.07, 6.45) is 0.295. The van der Waals surface area contributed by atoms with Gasteiger partial charge in [-0.05, 0) is 85.7 Å². The number of anilines is 1. The second-order valence-corrected chi connectivity index (χ2v) is 17.3. The fourth-order valence-electron chi connectivity index (χ4n) is 5.13. The Morgan fingerprint density at radius 1 is 0.898 bits per heavy atom. The lowest BCUT2D eigenvalue weighted by Gasteiger charge is -2.49. The molecule has 1 fully saturated rings. The van der Waals surface area contributed by atoms with Gasteiger partial charge in [-0.15, -0.1) is 0 Å². The summed E-state index contributed by atoms with van der Waals surface area (Å²) < 4.78 is 30.1. The molecule has 1 aliphatic heterocycles. The van der Waals surface area contributed by atoms with Crippen molar-refractivity contribution < 1.29 is 29.1 Å². The van der Waals surface area contributed by atoms with Gasteiger partial charge >= 0.3 is 6.09 Å². The van der Waals surface area contributed by atoms with Crippen LogP contribution in [-0.4, -0.2) is 79.5 Å². The summed E-state index contributed by atoms with van der Waals surface area (Å²) in [5.74, 6) is -0.420. The van der Waals surface area contributed by atoms with Crippen molar-refractivity contribution in [1.29, 1.82) is 5.41 Å². The highest BCUT2D eigenvalue weighted by molar-refractivity contribution is 8.31. The average molecular weight is 701 g/mol. The third-order valence-electron chi connectivity index (χ3n) is 7.50. The smallest absolute Gasteiger partial charge is 0.410 e. The molecule has 1 heterocycles. The Kier molecular flexibility index (Phi) is 15.3. The van der Waals surface area contributed by atoms with Gasteiger partial charge in [0.05, 0.1) is 30.2 Å². The minimum absolute atomic E-state index is 0. The Hall–Kier alpha value is -3.93. The number of para-hydroxylation sites is 1. The van der Waals surface area contributed by atoms with Crippen LogP contribution in [0.4, 0.5) is 14.9 Å². The Morgan fingerprint density at radius 2 is 1.41 bits per heavy atom. The third-order valence-corrected chi connectivity index (χ3v) is 11.6. The van der Waals surface area contributed by atoms with Gasteiger partial charge in [0.25, 0.3) is 0 Å². The van der Waals surface area contributed by atoms with Crippen molar-refractivity contribution in [3.8, 4) is 0 Å². The van der Waals surface area contributed by atoms with Gasteiger partial charge in [-0.3, -0.25) is 4.79 Å². The van der Waals surface area contributed by atoms with Crippen LogP contribution in [0.15, 0.2) is 88.7 Å². The molecule has 2 amide bonds. The predicted molar refractivity (Wildman–Crippen MR) is 201 cm³/mol. The molecule has 272 valence electrons. The van der Waals surface area contributed by atoms with E-state index in [1.54, 1.807) is 31.9 Å². The monoisotopic (exact) mass is 700 g/mol. The molecule has 0 atom stereocenters. The van der Waals surface area contributed by atoms with Gasteiger partial charge in [-0.2, -0.15) is 0 Å². The summed E-state index contributed by atoms with van der Waals surface area (Å²) >= 11 is 0. The standard InChI is InChI=1S/C17H22OS.C12H16FN3O.C9H17NO3.H2/c1-17(2,3)19(18-4,15-11-7-5-8-12-15)16-13-9-6-10-14-16;1-12(2,16-7-17)11(14)8-5-4-6-9(13)10(8)15-3;1-9(2,3)13-8(11)10-4-6-12-7-5-10;/h5-14H,1-4H3;4-7,14-15H,1-3H3,(H,16,17);4-7H2,1-3H3;1H. The topological polar surface area (TPSA) is 113 Å². The van der Waals surface area contributed by atoms with Crippen LogP contribution in [0.3, 0.4) is 0 Å². The predicted octanol–water partition coefficient (Wildman–Crippen LogP) is 8.53. The molecule has 1 aliphatic rings. The fourth-order valence-corrected chi connectivity index (χ4v) is 8.78. The summed E-state index contributed by atoms with van der Waals surface area (Å²) in [6.45, 7) is 18.2. The second-order valence-electron chi connectivity index (χ2n) is 13.7. The van der Waals surface area contributed by atoms with Gasteiger partial charge in [-0.1, -0.05) is 58.8 Å². The molecule has 3 N–H and O–H groups in total. The quantitative estimate of drug-likeness (QED) is 0.160. The van der Waals surface area contributed by atoms with Crippen LogP contribution in [0, 0.1) is 11.2 Å². The van der Waals surface area contributed by atoms with Crippen molar-refractivity contribution in [3.63, 3.8) is 0 Å². The Balaban J connectivity index is 0.000000378. The zero-order valence-electron chi connectivity index (χ0n) is 30.7. The Morgan fingerprint density at radius 3 is 1.82 bits per heavy atom. The zero-order chi connectivity index (χ0) is 36.9. The first kappa shape index (κ1) is 41.2. The maximum atomic E-state index is 13.5. The van der Waals surface area contributed by atoms with E-state index in [1.165, 1.54) is 21.9 Å². The van der Waals surface area contributed by atoms with Crippen LogP contribution in [0.1, 0.15) is 62.4 Å². The first-order chi connectivity index (χ1) is 22.9. The number of nitrogens with one attached hydrogen (secondary N) is 3. The molecule has 3 aromatic carbocycles. The van der Waals surface area contributed by atoms with Crippen molar-refractivity contribution >= 4 is 34.2 Å². The molecular weight excluding hydrogens is 644 g/mol. The van der Waals surface area contributed by atoms with Crippen molar-refractivity contribution in [2.45, 2.75) is 81.1 Å². The number of hydrogen-bond donors (Lipinski definition) is 3. The zero-order valence-corrected chi connectivity index (χ0v) is 31.5. The minimum atomic E-state index is -1.51. The van der Waals surface area contributed by atoms with Crippen LogP contribution < -0.4 is 10.6 Å². The van der Waals surface area contributed by atoms with E-state index in [-0.39, 0.29) is 23.7 Å². The normalized spacial score (nSPS) is 13.8. The van der Waals surface area contributed by atoms with Crippen LogP contribution in [0.25, 0.3) is 0 Å². The summed E-state index contributed by atoms with van der Waals surface area (Å²) in [6, 6.07) is 25.7. The van der Waals surface area contributed by atoms with Crippen LogP contribution in [0.2, 0.25) is 0 Å². The summed E-state index contributed by atoms with van der Waals surface area (Å²) in [5, 5.41) is 13.3. The van der Waals surface area contributed by atoms with Crippen LogP contribution >= 0.6 is 10.3 Å². The highest BCUT2D eigenvalue weighted by Gasteiger charge is 2.40. The van der Waals surface area contributed by atoms with Gasteiger partial charge in [0.2, 0.25) is 6.41 Å². The van der Waals surface area contributed by atoms with Gasteiger partial charge < -0.3 is 34.6 Å². The van der Waals surface area contributed by atoms with E-state index in [0.717, 1.165) is 0 Å². The number of nitrogens with zero attached hydrogens (tertiary/aromatic N) is 1. The van der Waals surface area contributed by atoms with E-state index in [4.69, 9.17) is 19.1 Å². The second kappa shape index (κ2) is 18.2. The van der Waals surface area contributed by atoms with E-state index in [2.05, 4.69) is 92.1 Å². The van der Waals surface area contributed by atoms with Gasteiger partial charge in [-0.25, -0.2) is 9.18 Å². The molecule has 4 rings (SSSR count). The summed E-state index contributed by atoms with van der Waals surface area (Å²) in [7, 11) is 1.92. The number of hydrogen-bond acceptors (Lipinski definition) is 7. The lowest BCUT2D eigenvalue weighted by molar-refractivity contribution is -0.110. The Labute approximate surface area is 295 Å². The first-order valence-corrected chi connectivity index (χ1v) is 17.8. The van der Waals surface area contributed by atoms with E-state index in [9.17, 15) is 14.0 Å². The van der Waals surface area contributed by atoms with Gasteiger partial charge in [0.1, 0.15) is 11.4 Å². The van der Waals surface area contributed by atoms with Crippen molar-refractivity contribution in [3.05, 3.63) is 90.2 Å². The van der Waals surface area contributed by atoms with Gasteiger partial charge in [0, 0.05) is 48.8 Å². The van der Waals surface area contributed by atoms with E-state index in [0.29, 0.717) is 38.3 Å². The highest BCUT2D eigenvalue weighted by Crippen LogP contribution is 2.70. The third kappa shape index (κ3) is 11.3. The number of benzene rings is 3. The number of halogens is 1. The maximum absolute atomic E-state index is 13.5. The minimum Gasteiger partial charge on any atom is -0.444 e. The molecule has 3 aromatic rings. The summed E-state index contributed by atoms with van der Waals surface area (Å²) in [5.41, 5.74) is -0.408. The van der Waals surface area contributed by atoms with Gasteiger partial charge in [0.15, 0.2) is 0 Å². The van der Waals surface area contributed by atoms with Crippen molar-refractivity contribution in [1.82, 2.24) is 10.2 Å². The summed E-state index contributed by atoms with van der Waals surface area (Å²) in [4.78, 5) is 26.2.